The van der Waals surface area contributed by atoms with Crippen LogP contribution in [0.4, 0.5) is 0 Å². The van der Waals surface area contributed by atoms with E-state index < -0.39 is 17.7 Å². The van der Waals surface area contributed by atoms with Gasteiger partial charge in [0.1, 0.15) is 17.3 Å². The van der Waals surface area contributed by atoms with Gasteiger partial charge in [-0.15, -0.1) is 0 Å². The molecule has 1 fully saturated rings. The van der Waals surface area contributed by atoms with Gasteiger partial charge in [0.2, 0.25) is 0 Å². The molecule has 2 aromatic carbocycles. The zero-order chi connectivity index (χ0) is 22.5. The SMILES string of the molecule is COc1ccc(OC)c([C@@H]2C(=C(O)c3ccccc3)C(=O)C(=O)N2CCC[NH+](C)C)c1. The summed E-state index contributed by atoms with van der Waals surface area (Å²) >= 11 is 0. The number of rotatable bonds is 8. The van der Waals surface area contributed by atoms with Gasteiger partial charge in [-0.2, -0.15) is 0 Å². The third-order valence-electron chi connectivity index (χ3n) is 5.39. The number of carbonyl (C=O) groups is 2. The van der Waals surface area contributed by atoms with Gasteiger partial charge in [0.25, 0.3) is 11.7 Å². The molecule has 1 aliphatic heterocycles. The topological polar surface area (TPSA) is 80.5 Å². The van der Waals surface area contributed by atoms with Crippen LogP contribution in [0.15, 0.2) is 54.1 Å². The standard InChI is InChI=1S/C24H28N2O5/c1-25(2)13-8-14-26-21(18-15-17(30-3)11-12-19(18)31-4)20(23(28)24(26)29)22(27)16-9-6-5-7-10-16/h5-7,9-12,15,21,27H,8,13-14H2,1-4H3/p+1/t21-/m1/s1. The van der Waals surface area contributed by atoms with Crippen LogP contribution in [0.2, 0.25) is 0 Å². The van der Waals surface area contributed by atoms with E-state index in [9.17, 15) is 14.7 Å². The average Bonchev–Trinajstić information content (AvgIpc) is 3.03. The molecule has 0 aromatic heterocycles. The van der Waals surface area contributed by atoms with Gasteiger partial charge in [0, 0.05) is 24.1 Å². The highest BCUT2D eigenvalue weighted by Crippen LogP contribution is 2.43. The van der Waals surface area contributed by atoms with Crippen LogP contribution in [0.5, 0.6) is 11.5 Å². The lowest BCUT2D eigenvalue weighted by Gasteiger charge is -2.27. The van der Waals surface area contributed by atoms with Crippen molar-refractivity contribution in [3.63, 3.8) is 0 Å². The molecule has 3 rings (SSSR count). The van der Waals surface area contributed by atoms with Gasteiger partial charge in [0.15, 0.2) is 0 Å². The maximum atomic E-state index is 13.1. The molecule has 0 saturated carbocycles. The van der Waals surface area contributed by atoms with Crippen molar-refractivity contribution in [1.82, 2.24) is 4.90 Å². The molecule has 2 N–H and O–H groups in total. The number of ether oxygens (including phenoxy) is 2. The van der Waals surface area contributed by atoms with Crippen molar-refractivity contribution in [3.05, 3.63) is 65.2 Å². The molecular weight excluding hydrogens is 396 g/mol. The van der Waals surface area contributed by atoms with E-state index in [2.05, 4.69) is 0 Å². The zero-order valence-electron chi connectivity index (χ0n) is 18.3. The molecule has 7 heteroatoms. The highest BCUT2D eigenvalue weighted by atomic mass is 16.5. The second-order valence-corrected chi connectivity index (χ2v) is 7.78. The first-order chi connectivity index (χ1) is 14.9. The van der Waals surface area contributed by atoms with Crippen LogP contribution in [0.3, 0.4) is 0 Å². The maximum absolute atomic E-state index is 13.1. The third kappa shape index (κ3) is 4.56. The first-order valence-electron chi connectivity index (χ1n) is 10.2. The molecule has 164 valence electrons. The number of nitrogens with zero attached hydrogens (tertiary/aromatic N) is 1. The predicted molar refractivity (Wildman–Crippen MR) is 117 cm³/mol. The molecule has 2 aromatic rings. The van der Waals surface area contributed by atoms with Gasteiger partial charge in [-0.05, 0) is 18.2 Å². The van der Waals surface area contributed by atoms with Gasteiger partial charge in [-0.1, -0.05) is 30.3 Å². The number of ketones is 1. The van der Waals surface area contributed by atoms with Crippen molar-refractivity contribution in [1.29, 1.82) is 0 Å². The number of carbonyl (C=O) groups excluding carboxylic acids is 2. The zero-order valence-corrected chi connectivity index (χ0v) is 18.3. The lowest BCUT2D eigenvalue weighted by Crippen LogP contribution is -3.05. The van der Waals surface area contributed by atoms with E-state index >= 15 is 0 Å². The van der Waals surface area contributed by atoms with E-state index in [0.717, 1.165) is 6.54 Å². The smallest absolute Gasteiger partial charge is 0.295 e. The van der Waals surface area contributed by atoms with E-state index in [-0.39, 0.29) is 11.3 Å². The second-order valence-electron chi connectivity index (χ2n) is 7.78. The van der Waals surface area contributed by atoms with Crippen LogP contribution >= 0.6 is 0 Å². The average molecular weight is 426 g/mol. The highest BCUT2D eigenvalue weighted by Gasteiger charge is 2.47. The molecule has 0 unspecified atom stereocenters. The summed E-state index contributed by atoms with van der Waals surface area (Å²) in [5.74, 6) is -0.446. The minimum atomic E-state index is -0.776. The fraction of sp³-hybridized carbons (Fsp3) is 0.333. The van der Waals surface area contributed by atoms with Gasteiger partial charge in [0.05, 0.1) is 46.5 Å². The Kier molecular flexibility index (Phi) is 6.97. The van der Waals surface area contributed by atoms with Crippen LogP contribution in [-0.4, -0.2) is 63.1 Å². The molecule has 0 radical (unpaired) electrons. The Morgan fingerprint density at radius 1 is 1.06 bits per heavy atom. The normalized spacial score (nSPS) is 18.0. The second kappa shape index (κ2) is 9.66. The molecule has 0 aliphatic carbocycles. The molecule has 0 bridgehead atoms. The fourth-order valence-electron chi connectivity index (χ4n) is 3.84. The van der Waals surface area contributed by atoms with E-state index in [4.69, 9.17) is 9.47 Å². The van der Waals surface area contributed by atoms with Gasteiger partial charge in [-0.3, -0.25) is 9.59 Å². The maximum Gasteiger partial charge on any atom is 0.295 e. The molecule has 7 nitrogen and oxygen atoms in total. The van der Waals surface area contributed by atoms with E-state index in [1.165, 1.54) is 16.9 Å². The van der Waals surface area contributed by atoms with Crippen molar-refractivity contribution in [2.24, 2.45) is 0 Å². The number of quaternary nitrogens is 1. The Morgan fingerprint density at radius 2 is 1.77 bits per heavy atom. The first-order valence-corrected chi connectivity index (χ1v) is 10.2. The number of methoxy groups -OCH3 is 2. The molecule has 1 amide bonds. The van der Waals surface area contributed by atoms with Crippen LogP contribution < -0.4 is 14.4 Å². The van der Waals surface area contributed by atoms with E-state index in [1.807, 2.05) is 20.2 Å². The van der Waals surface area contributed by atoms with Crippen LogP contribution in [0, 0.1) is 0 Å². The fourth-order valence-corrected chi connectivity index (χ4v) is 3.84. The number of benzene rings is 2. The van der Waals surface area contributed by atoms with Crippen molar-refractivity contribution >= 4 is 17.4 Å². The summed E-state index contributed by atoms with van der Waals surface area (Å²) in [6.07, 6.45) is 0.712. The summed E-state index contributed by atoms with van der Waals surface area (Å²) in [6, 6.07) is 13.2. The Hall–Kier alpha value is -3.32. The van der Waals surface area contributed by atoms with Crippen molar-refractivity contribution in [2.45, 2.75) is 12.5 Å². The Labute approximate surface area is 182 Å². The monoisotopic (exact) mass is 425 g/mol. The molecule has 0 spiro atoms. The van der Waals surface area contributed by atoms with Crippen molar-refractivity contribution < 1.29 is 29.1 Å². The summed E-state index contributed by atoms with van der Waals surface area (Å²) in [7, 11) is 7.15. The summed E-state index contributed by atoms with van der Waals surface area (Å²) in [6.45, 7) is 1.22. The molecule has 31 heavy (non-hydrogen) atoms. The highest BCUT2D eigenvalue weighted by molar-refractivity contribution is 6.46. The molecule has 1 atom stereocenters. The number of nitrogens with one attached hydrogen (secondary N) is 1. The molecule has 1 aliphatic rings. The predicted octanol–water partition coefficient (Wildman–Crippen LogP) is 1.66. The number of likely N-dealkylation sites (tertiary alicyclic amines) is 1. The minimum absolute atomic E-state index is 0.0555. The van der Waals surface area contributed by atoms with Crippen LogP contribution in [-0.2, 0) is 9.59 Å². The van der Waals surface area contributed by atoms with Crippen LogP contribution in [0.25, 0.3) is 5.76 Å². The Balaban J connectivity index is 2.18. The minimum Gasteiger partial charge on any atom is -0.507 e. The number of aliphatic hydroxyl groups excluding tert-OH is 1. The Morgan fingerprint density at radius 3 is 2.39 bits per heavy atom. The lowest BCUT2D eigenvalue weighted by atomic mass is 9.94. The number of amides is 1. The van der Waals surface area contributed by atoms with Crippen molar-refractivity contribution in [3.8, 4) is 11.5 Å². The van der Waals surface area contributed by atoms with E-state index in [0.29, 0.717) is 35.6 Å². The third-order valence-corrected chi connectivity index (χ3v) is 5.39. The largest absolute Gasteiger partial charge is 0.507 e. The number of hydrogen-bond donors (Lipinski definition) is 2. The quantitative estimate of drug-likeness (QED) is 0.382. The summed E-state index contributed by atoms with van der Waals surface area (Å²) in [5, 5.41) is 11.1. The molecule has 1 saturated heterocycles. The van der Waals surface area contributed by atoms with Gasteiger partial charge >= 0.3 is 0 Å². The summed E-state index contributed by atoms with van der Waals surface area (Å²) < 4.78 is 10.9. The number of aliphatic hydroxyl groups is 1. The lowest BCUT2D eigenvalue weighted by molar-refractivity contribution is -0.858. The van der Waals surface area contributed by atoms with Gasteiger partial charge < -0.3 is 24.4 Å². The Bertz CT molecular complexity index is 985. The summed E-state index contributed by atoms with van der Waals surface area (Å²) in [5.41, 5.74) is 1.13. The van der Waals surface area contributed by atoms with E-state index in [1.54, 1.807) is 49.6 Å². The van der Waals surface area contributed by atoms with Crippen LogP contribution in [0.1, 0.15) is 23.6 Å². The van der Waals surface area contributed by atoms with Gasteiger partial charge in [-0.25, -0.2) is 0 Å². The summed E-state index contributed by atoms with van der Waals surface area (Å²) in [4.78, 5) is 28.9. The molecular formula is C24H29N2O5+. The molecule has 1 heterocycles. The number of hydrogen-bond acceptors (Lipinski definition) is 5. The van der Waals surface area contributed by atoms with Crippen molar-refractivity contribution in [2.75, 3.05) is 41.4 Å². The first kappa shape index (κ1) is 22.4. The number of Topliss-reactive ketones (excluding diaryl/α,β-unsaturated/α-hetero) is 1.